The number of nitrogens with two attached hydrogens (primary N) is 1. The number of carbonyl (C=O) groups excluding carboxylic acids is 5. The lowest BCUT2D eigenvalue weighted by Gasteiger charge is -2.22. The molecule has 8 aromatic rings. The summed E-state index contributed by atoms with van der Waals surface area (Å²) in [5.74, 6) is -2.42. The average molecular weight is 1060 g/mol. The van der Waals surface area contributed by atoms with Gasteiger partial charge in [0.15, 0.2) is 0 Å². The highest BCUT2D eigenvalue weighted by Gasteiger charge is 2.25. The summed E-state index contributed by atoms with van der Waals surface area (Å²) in [4.78, 5) is 71.7. The van der Waals surface area contributed by atoms with Gasteiger partial charge in [0, 0.05) is 60.0 Å². The third-order valence-corrected chi connectivity index (χ3v) is 11.8. The van der Waals surface area contributed by atoms with E-state index in [4.69, 9.17) is 43.1 Å². The molecule has 392 valence electrons. The minimum Gasteiger partial charge on any atom is -0.457 e. The molecule has 76 heavy (non-hydrogen) atoms. The van der Waals surface area contributed by atoms with Crippen LogP contribution in [0.3, 0.4) is 0 Å². The van der Waals surface area contributed by atoms with Gasteiger partial charge in [-0.15, -0.1) is 23.2 Å². The van der Waals surface area contributed by atoms with Crippen LogP contribution in [0.15, 0.2) is 170 Å². The van der Waals surface area contributed by atoms with Crippen LogP contribution in [0.1, 0.15) is 86.7 Å². The number of anilines is 2. The van der Waals surface area contributed by atoms with Crippen molar-refractivity contribution in [2.45, 2.75) is 65.3 Å². The number of halogens is 2. The number of alkyl carbamates (subject to hydrolysis) is 1. The first-order valence-corrected chi connectivity index (χ1v) is 25.3. The van der Waals surface area contributed by atoms with E-state index in [0.717, 1.165) is 49.4 Å². The normalized spacial score (nSPS) is 11.6. The first-order valence-electron chi connectivity index (χ1n) is 24.3. The summed E-state index contributed by atoms with van der Waals surface area (Å²) in [6, 6.07) is 44.2. The van der Waals surface area contributed by atoms with Crippen molar-refractivity contribution >= 4 is 86.0 Å². The first-order chi connectivity index (χ1) is 36.5. The summed E-state index contributed by atoms with van der Waals surface area (Å²) >= 11 is 9.53. The van der Waals surface area contributed by atoms with Crippen LogP contribution < -0.4 is 21.7 Å². The van der Waals surface area contributed by atoms with Crippen molar-refractivity contribution in [1.82, 2.24) is 15.3 Å². The zero-order valence-electron chi connectivity index (χ0n) is 42.8. The van der Waals surface area contributed by atoms with Gasteiger partial charge in [0.1, 0.15) is 18.8 Å². The number of hydrogen-bond acceptors (Lipinski definition) is 11. The van der Waals surface area contributed by atoms with Gasteiger partial charge in [-0.1, -0.05) is 97.1 Å². The Balaban J connectivity index is 0.000000238. The van der Waals surface area contributed by atoms with E-state index < -0.39 is 29.5 Å². The molecule has 2 heterocycles. The number of carbonyl (C=O) groups is 5. The minimum absolute atomic E-state index is 0.0276. The Labute approximate surface area is 452 Å². The monoisotopic (exact) mass is 1060 g/mol. The van der Waals surface area contributed by atoms with Gasteiger partial charge in [0.05, 0.1) is 28.3 Å². The number of benzene rings is 6. The zero-order valence-corrected chi connectivity index (χ0v) is 44.4. The molecule has 2 unspecified atom stereocenters. The number of fused-ring (bicyclic) bond motifs is 2. The van der Waals surface area contributed by atoms with Crippen LogP contribution in [-0.4, -0.2) is 63.8 Å². The maximum absolute atomic E-state index is 13.5. The molecule has 14 nitrogen and oxygen atoms in total. The number of hydrogen-bond donors (Lipinski definition) is 4. The van der Waals surface area contributed by atoms with Crippen LogP contribution in [0, 0.1) is 13.8 Å². The molecule has 0 aliphatic heterocycles. The van der Waals surface area contributed by atoms with Gasteiger partial charge in [-0.25, -0.2) is 14.4 Å². The number of alkyl halides is 2. The topological polar surface area (TPSA) is 201 Å². The molecule has 0 fully saturated rings. The summed E-state index contributed by atoms with van der Waals surface area (Å²) in [6.07, 6.45) is 6.35. The van der Waals surface area contributed by atoms with Crippen LogP contribution in [0.25, 0.3) is 21.5 Å². The van der Waals surface area contributed by atoms with E-state index in [0.29, 0.717) is 28.1 Å². The van der Waals surface area contributed by atoms with Crippen molar-refractivity contribution in [2.75, 3.05) is 29.1 Å². The molecule has 0 saturated carbocycles. The Morgan fingerprint density at radius 3 is 1.41 bits per heavy atom. The second-order valence-corrected chi connectivity index (χ2v) is 19.3. The van der Waals surface area contributed by atoms with Crippen molar-refractivity contribution in [3.63, 3.8) is 0 Å². The lowest BCUT2D eigenvalue weighted by molar-refractivity contribution is -0.118. The fraction of sp³-hybridized carbons (Fsp3) is 0.217. The minimum atomic E-state index is -0.704. The summed E-state index contributed by atoms with van der Waals surface area (Å²) in [7, 11) is 0. The van der Waals surface area contributed by atoms with E-state index in [1.54, 1.807) is 88.0 Å². The van der Waals surface area contributed by atoms with E-state index in [1.807, 2.05) is 117 Å². The molecular formula is C60H60Cl2N6O8. The van der Waals surface area contributed by atoms with Gasteiger partial charge < -0.3 is 35.9 Å². The molecule has 0 radical (unpaired) electrons. The highest BCUT2D eigenvalue weighted by atomic mass is 35.5. The number of amides is 3. The second kappa shape index (κ2) is 27.9. The fourth-order valence-corrected chi connectivity index (χ4v) is 7.79. The summed E-state index contributed by atoms with van der Waals surface area (Å²) in [5, 5.41) is 12.7. The summed E-state index contributed by atoms with van der Waals surface area (Å²) < 4.78 is 16.3. The molecule has 0 saturated heterocycles. The quantitative estimate of drug-likeness (QED) is 0.0432. The molecule has 2 aromatic heterocycles. The number of pyridine rings is 2. The summed E-state index contributed by atoms with van der Waals surface area (Å²) in [6.45, 7) is 9.50. The van der Waals surface area contributed by atoms with E-state index >= 15 is 0 Å². The average Bonchev–Trinajstić information content (AvgIpc) is 3.40. The van der Waals surface area contributed by atoms with E-state index in [1.165, 1.54) is 0 Å². The van der Waals surface area contributed by atoms with Gasteiger partial charge in [-0.05, 0) is 127 Å². The lowest BCUT2D eigenvalue weighted by atomic mass is 9.96. The van der Waals surface area contributed by atoms with Crippen molar-refractivity contribution in [3.05, 3.63) is 215 Å². The Hall–Kier alpha value is -8.17. The van der Waals surface area contributed by atoms with Crippen molar-refractivity contribution in [1.29, 1.82) is 0 Å². The molecule has 0 bridgehead atoms. The third-order valence-electron chi connectivity index (χ3n) is 11.8. The van der Waals surface area contributed by atoms with Crippen LogP contribution in [0.2, 0.25) is 0 Å². The lowest BCUT2D eigenvalue weighted by Crippen LogP contribution is -2.37. The van der Waals surface area contributed by atoms with Gasteiger partial charge in [-0.2, -0.15) is 0 Å². The van der Waals surface area contributed by atoms with E-state index in [-0.39, 0.29) is 49.4 Å². The first kappa shape index (κ1) is 57.1. The van der Waals surface area contributed by atoms with Crippen LogP contribution >= 0.6 is 23.2 Å². The smallest absolute Gasteiger partial charge is 0.407 e. The van der Waals surface area contributed by atoms with Crippen LogP contribution in [-0.2, 0) is 37.0 Å². The van der Waals surface area contributed by atoms with Gasteiger partial charge in [0.2, 0.25) is 11.8 Å². The Bertz CT molecular complexity index is 3260. The summed E-state index contributed by atoms with van der Waals surface area (Å²) in [5.41, 5.74) is 12.5. The Morgan fingerprint density at radius 1 is 0.566 bits per heavy atom. The van der Waals surface area contributed by atoms with Crippen LogP contribution in [0.4, 0.5) is 16.2 Å². The molecular weight excluding hydrogens is 1000 g/mol. The van der Waals surface area contributed by atoms with Crippen molar-refractivity contribution < 1.29 is 38.2 Å². The van der Waals surface area contributed by atoms with E-state index in [9.17, 15) is 24.0 Å². The maximum atomic E-state index is 13.5. The zero-order chi connectivity index (χ0) is 54.6. The molecule has 5 N–H and O–H groups in total. The third kappa shape index (κ3) is 16.9. The molecule has 0 spiro atoms. The number of ether oxygens (including phenoxy) is 3. The van der Waals surface area contributed by atoms with E-state index in [2.05, 4.69) is 25.9 Å². The molecule has 2 atom stereocenters. The fourth-order valence-electron chi connectivity index (χ4n) is 7.79. The molecule has 8 rings (SSSR count). The molecule has 6 aromatic carbocycles. The number of esters is 2. The predicted molar refractivity (Wildman–Crippen MR) is 300 cm³/mol. The number of aryl methyl sites for hydroxylation is 2. The second-order valence-electron chi connectivity index (χ2n) is 18.4. The highest BCUT2D eigenvalue weighted by molar-refractivity contribution is 6.40. The standard InChI is InChI=1S/C32H33N3O5.C27H25N3O3.CH2Cl2/c1-21-7-5-6-8-27(21)30(37)39-20-22-9-11-23(12-10-22)28(19-34-31(38)40-32(2,3)4)29(36)35-26-14-13-25-18-33-16-15-24(25)17-26;1-18-4-2-3-5-24(18)27(32)33-17-19-6-8-20(9-7-19)25(15-28)26(31)30-23-11-10-22-16-29-13-12-21(22)14-23;2-1-3/h5-18,28H,19-20H2,1-4H3,(H,34,38)(H,35,36);2-14,16,25H,15,17,28H2,1H3,(H,30,31);1H2. The highest BCUT2D eigenvalue weighted by Crippen LogP contribution is 2.25. The molecule has 16 heteroatoms. The predicted octanol–water partition coefficient (Wildman–Crippen LogP) is 12.1. The van der Waals surface area contributed by atoms with Gasteiger partial charge >= 0.3 is 18.0 Å². The molecule has 0 aliphatic carbocycles. The van der Waals surface area contributed by atoms with Gasteiger partial charge in [-0.3, -0.25) is 19.6 Å². The number of aromatic nitrogens is 2. The number of nitrogens with zero attached hydrogens (tertiary/aromatic N) is 2. The maximum Gasteiger partial charge on any atom is 0.407 e. The molecule has 0 aliphatic rings. The van der Waals surface area contributed by atoms with Crippen molar-refractivity contribution in [2.24, 2.45) is 5.73 Å². The SMILES string of the molecule is Cc1ccccc1C(=O)OCc1ccc(C(CN)C(=O)Nc2ccc3cnccc3c2)cc1.Cc1ccccc1C(=O)OCc1ccc(C(CNC(=O)OC(C)(C)C)C(=O)Nc2ccc3cnccc3c2)cc1.ClCCl. The largest absolute Gasteiger partial charge is 0.457 e. The van der Waals surface area contributed by atoms with Crippen LogP contribution in [0.5, 0.6) is 0 Å². The van der Waals surface area contributed by atoms with Gasteiger partial charge in [0.25, 0.3) is 0 Å². The molecule has 3 amide bonds. The Morgan fingerprint density at radius 2 is 0.987 bits per heavy atom. The van der Waals surface area contributed by atoms with Crippen molar-refractivity contribution in [3.8, 4) is 0 Å². The number of nitrogens with one attached hydrogen (secondary N) is 3. The Kier molecular flexibility index (Phi) is 21.0. The number of rotatable bonds is 15.